The lowest BCUT2D eigenvalue weighted by Gasteiger charge is -2.12. The maximum Gasteiger partial charge on any atom is 0.336 e. The number of nitrogens with two attached hydrogens (primary N) is 1. The quantitative estimate of drug-likeness (QED) is 0.190. The van der Waals surface area contributed by atoms with Crippen molar-refractivity contribution in [3.05, 3.63) is 86.8 Å². The van der Waals surface area contributed by atoms with E-state index in [2.05, 4.69) is 15.9 Å². The predicted octanol–water partition coefficient (Wildman–Crippen LogP) is 6.75. The first-order chi connectivity index (χ1) is 13.4. The van der Waals surface area contributed by atoms with Crippen molar-refractivity contribution >= 4 is 56.9 Å². The molecule has 0 unspecified atom stereocenters. The maximum atomic E-state index is 12.0. The minimum atomic E-state index is -0.549. The van der Waals surface area contributed by atoms with Gasteiger partial charge in [-0.25, -0.2) is 4.79 Å². The summed E-state index contributed by atoms with van der Waals surface area (Å²) < 4.78 is 11.7. The first-order valence-electron chi connectivity index (χ1n) is 8.09. The molecule has 0 aliphatic heterocycles. The van der Waals surface area contributed by atoms with Gasteiger partial charge >= 0.3 is 5.97 Å². The Morgan fingerprint density at radius 3 is 2.29 bits per heavy atom. The van der Waals surface area contributed by atoms with E-state index in [-0.39, 0.29) is 21.5 Å². The van der Waals surface area contributed by atoms with E-state index < -0.39 is 5.97 Å². The first kappa shape index (κ1) is 20.3. The van der Waals surface area contributed by atoms with E-state index in [1.807, 2.05) is 30.3 Å². The average Bonchev–Trinajstić information content (AvgIpc) is 2.67. The summed E-state index contributed by atoms with van der Waals surface area (Å²) in [6.07, 6.45) is 2.98. The monoisotopic (exact) mass is 477 g/mol. The van der Waals surface area contributed by atoms with E-state index in [0.717, 1.165) is 5.56 Å². The lowest BCUT2D eigenvalue weighted by molar-refractivity contribution is -0.128. The highest BCUT2D eigenvalue weighted by molar-refractivity contribution is 9.10. The van der Waals surface area contributed by atoms with Crippen LogP contribution < -0.4 is 15.2 Å². The summed E-state index contributed by atoms with van der Waals surface area (Å²) >= 11 is 15.8. The summed E-state index contributed by atoms with van der Waals surface area (Å²) in [5, 5.41) is 0.408. The predicted molar refractivity (Wildman–Crippen MR) is 116 cm³/mol. The Morgan fingerprint density at radius 1 is 0.964 bits per heavy atom. The Labute approximate surface area is 180 Å². The highest BCUT2D eigenvalue weighted by Crippen LogP contribution is 2.40. The minimum absolute atomic E-state index is 0.204. The maximum absolute atomic E-state index is 12.0. The molecule has 0 radical (unpaired) electrons. The summed E-state index contributed by atoms with van der Waals surface area (Å²) in [7, 11) is 0. The number of anilines is 1. The van der Waals surface area contributed by atoms with Crippen molar-refractivity contribution in [3.63, 3.8) is 0 Å². The van der Waals surface area contributed by atoms with Gasteiger partial charge in [-0.2, -0.15) is 0 Å². The second kappa shape index (κ2) is 9.15. The van der Waals surface area contributed by atoms with E-state index in [0.29, 0.717) is 15.9 Å². The third kappa shape index (κ3) is 5.29. The smallest absolute Gasteiger partial charge is 0.336 e. The third-order valence-corrected chi connectivity index (χ3v) is 4.84. The van der Waals surface area contributed by atoms with Crippen molar-refractivity contribution < 1.29 is 14.3 Å². The summed E-state index contributed by atoms with van der Waals surface area (Å²) in [5.41, 5.74) is 7.22. The zero-order chi connectivity index (χ0) is 20.1. The van der Waals surface area contributed by atoms with Crippen molar-refractivity contribution in [2.45, 2.75) is 0 Å². The standard InChI is InChI=1S/C21H14BrCl2NO3/c22-16-10-14(7-8-19(16)25)28-21-17(23)11-15(12-18(21)24)27-20(26)9-6-13-4-2-1-3-5-13/h1-12H,25H2. The van der Waals surface area contributed by atoms with Gasteiger partial charge < -0.3 is 15.2 Å². The van der Waals surface area contributed by atoms with Gasteiger partial charge in [0.05, 0.1) is 10.0 Å². The molecule has 142 valence electrons. The Bertz CT molecular complexity index is 1020. The van der Waals surface area contributed by atoms with E-state index >= 15 is 0 Å². The van der Waals surface area contributed by atoms with Crippen LogP contribution in [0.25, 0.3) is 6.08 Å². The van der Waals surface area contributed by atoms with Gasteiger partial charge in [0.2, 0.25) is 0 Å². The Kier molecular flexibility index (Phi) is 6.62. The highest BCUT2D eigenvalue weighted by Gasteiger charge is 2.13. The SMILES string of the molecule is Nc1ccc(Oc2c(Cl)cc(OC(=O)C=Cc3ccccc3)cc2Cl)cc1Br. The number of carbonyl (C=O) groups excluding carboxylic acids is 1. The number of halogens is 3. The van der Waals surface area contributed by atoms with Crippen LogP contribution >= 0.6 is 39.1 Å². The number of esters is 1. The molecule has 0 aliphatic rings. The molecular weight excluding hydrogens is 465 g/mol. The first-order valence-corrected chi connectivity index (χ1v) is 9.64. The molecule has 0 spiro atoms. The van der Waals surface area contributed by atoms with Crippen molar-refractivity contribution in [1.29, 1.82) is 0 Å². The summed E-state index contributed by atoms with van der Waals surface area (Å²) in [6, 6.07) is 17.4. The van der Waals surface area contributed by atoms with Crippen LogP contribution in [0.5, 0.6) is 17.2 Å². The number of carbonyl (C=O) groups is 1. The molecule has 2 N–H and O–H groups in total. The molecule has 3 rings (SSSR count). The highest BCUT2D eigenvalue weighted by atomic mass is 79.9. The molecular formula is C21H14BrCl2NO3. The van der Waals surface area contributed by atoms with Crippen LogP contribution in [0.15, 0.2) is 71.2 Å². The molecule has 0 fully saturated rings. The minimum Gasteiger partial charge on any atom is -0.454 e. The molecule has 3 aromatic carbocycles. The van der Waals surface area contributed by atoms with E-state index in [9.17, 15) is 4.79 Å². The average molecular weight is 479 g/mol. The van der Waals surface area contributed by atoms with E-state index in [1.165, 1.54) is 18.2 Å². The molecule has 3 aromatic rings. The number of nitrogen functional groups attached to an aromatic ring is 1. The van der Waals surface area contributed by atoms with Crippen LogP contribution in [0, 0.1) is 0 Å². The molecule has 0 aliphatic carbocycles. The van der Waals surface area contributed by atoms with Crippen molar-refractivity contribution in [3.8, 4) is 17.2 Å². The van der Waals surface area contributed by atoms with Crippen molar-refractivity contribution in [2.24, 2.45) is 0 Å². The molecule has 0 atom stereocenters. The largest absolute Gasteiger partial charge is 0.454 e. The molecule has 7 heteroatoms. The van der Waals surface area contributed by atoms with Gasteiger partial charge in [-0.1, -0.05) is 53.5 Å². The molecule has 4 nitrogen and oxygen atoms in total. The molecule has 0 amide bonds. The van der Waals surface area contributed by atoms with E-state index in [4.69, 9.17) is 38.4 Å². The van der Waals surface area contributed by atoms with Gasteiger partial charge in [0, 0.05) is 28.4 Å². The van der Waals surface area contributed by atoms with Crippen LogP contribution in [0.3, 0.4) is 0 Å². The van der Waals surface area contributed by atoms with Crippen LogP contribution in [-0.2, 0) is 4.79 Å². The van der Waals surface area contributed by atoms with Gasteiger partial charge in [-0.15, -0.1) is 0 Å². The second-order valence-corrected chi connectivity index (χ2v) is 7.34. The lowest BCUT2D eigenvalue weighted by Crippen LogP contribution is -2.04. The van der Waals surface area contributed by atoms with Crippen molar-refractivity contribution in [2.75, 3.05) is 5.73 Å². The number of rotatable bonds is 5. The van der Waals surface area contributed by atoms with Gasteiger partial charge in [-0.05, 0) is 45.8 Å². The Balaban J connectivity index is 1.73. The molecule has 0 bridgehead atoms. The van der Waals surface area contributed by atoms with Gasteiger partial charge in [-0.3, -0.25) is 0 Å². The molecule has 0 saturated carbocycles. The molecule has 0 aromatic heterocycles. The number of ether oxygens (including phenoxy) is 2. The van der Waals surface area contributed by atoms with Gasteiger partial charge in [0.1, 0.15) is 11.5 Å². The van der Waals surface area contributed by atoms with Crippen molar-refractivity contribution in [1.82, 2.24) is 0 Å². The topological polar surface area (TPSA) is 61.6 Å². The molecule has 0 heterocycles. The summed E-state index contributed by atoms with van der Waals surface area (Å²) in [4.78, 5) is 12.0. The summed E-state index contributed by atoms with van der Waals surface area (Å²) in [5.74, 6) is 0.413. The fourth-order valence-corrected chi connectivity index (χ4v) is 3.16. The Hall–Kier alpha value is -2.47. The van der Waals surface area contributed by atoms with Crippen LogP contribution in [0.4, 0.5) is 5.69 Å². The zero-order valence-corrected chi connectivity index (χ0v) is 17.5. The fourth-order valence-electron chi connectivity index (χ4n) is 2.26. The number of benzene rings is 3. The number of hydrogen-bond acceptors (Lipinski definition) is 4. The lowest BCUT2D eigenvalue weighted by atomic mass is 10.2. The van der Waals surface area contributed by atoms with Gasteiger partial charge in [0.15, 0.2) is 5.75 Å². The fraction of sp³-hybridized carbons (Fsp3) is 0. The normalized spacial score (nSPS) is 10.8. The van der Waals surface area contributed by atoms with E-state index in [1.54, 1.807) is 24.3 Å². The Morgan fingerprint density at radius 2 is 1.64 bits per heavy atom. The zero-order valence-electron chi connectivity index (χ0n) is 14.4. The number of hydrogen-bond donors (Lipinski definition) is 1. The third-order valence-electron chi connectivity index (χ3n) is 3.59. The van der Waals surface area contributed by atoms with Crippen LogP contribution in [0.1, 0.15) is 5.56 Å². The molecule has 0 saturated heterocycles. The molecule has 28 heavy (non-hydrogen) atoms. The summed E-state index contributed by atoms with van der Waals surface area (Å²) in [6.45, 7) is 0. The second-order valence-electron chi connectivity index (χ2n) is 5.67. The van der Waals surface area contributed by atoms with Crippen LogP contribution in [0.2, 0.25) is 10.0 Å². The van der Waals surface area contributed by atoms with Gasteiger partial charge in [0.25, 0.3) is 0 Å². The van der Waals surface area contributed by atoms with Crippen LogP contribution in [-0.4, -0.2) is 5.97 Å².